The predicted molar refractivity (Wildman–Crippen MR) is 91.7 cm³/mol. The van der Waals surface area contributed by atoms with Gasteiger partial charge in [-0.05, 0) is 41.5 Å². The molecule has 0 aliphatic rings. The van der Waals surface area contributed by atoms with Gasteiger partial charge in [0.1, 0.15) is 0 Å². The van der Waals surface area contributed by atoms with E-state index in [4.69, 9.17) is 5.21 Å². The van der Waals surface area contributed by atoms with E-state index < -0.39 is 0 Å². The summed E-state index contributed by atoms with van der Waals surface area (Å²) < 4.78 is 0. The van der Waals surface area contributed by atoms with Gasteiger partial charge < -0.3 is 5.32 Å². The third-order valence-corrected chi connectivity index (χ3v) is 3.50. The van der Waals surface area contributed by atoms with Crippen molar-refractivity contribution >= 4 is 17.3 Å². The lowest BCUT2D eigenvalue weighted by atomic mass is 10.0. The number of carbonyl (C=O) groups is 1. The van der Waals surface area contributed by atoms with Crippen LogP contribution in [0.2, 0.25) is 0 Å². The van der Waals surface area contributed by atoms with E-state index in [0.717, 1.165) is 11.1 Å². The molecule has 0 aliphatic heterocycles. The molecular weight excluding hydrogens is 288 g/mol. The fourth-order valence-electron chi connectivity index (χ4n) is 2.31. The first-order chi connectivity index (χ1) is 11.3. The smallest absolute Gasteiger partial charge is 0.255 e. The molecule has 114 valence electrons. The van der Waals surface area contributed by atoms with Crippen molar-refractivity contribution in [1.82, 2.24) is 0 Å². The molecule has 0 saturated carbocycles. The Kier molecular flexibility index (Phi) is 4.36. The summed E-state index contributed by atoms with van der Waals surface area (Å²) in [6, 6.07) is 24.3. The fourth-order valence-corrected chi connectivity index (χ4v) is 2.31. The summed E-state index contributed by atoms with van der Waals surface area (Å²) in [6.45, 7) is 0. The molecule has 0 aromatic heterocycles. The van der Waals surface area contributed by atoms with E-state index in [1.165, 1.54) is 0 Å². The highest BCUT2D eigenvalue weighted by Crippen LogP contribution is 2.20. The van der Waals surface area contributed by atoms with Crippen molar-refractivity contribution in [3.8, 4) is 11.1 Å². The third-order valence-electron chi connectivity index (χ3n) is 3.50. The molecule has 1 amide bonds. The van der Waals surface area contributed by atoms with Crippen molar-refractivity contribution in [3.63, 3.8) is 0 Å². The van der Waals surface area contributed by atoms with Gasteiger partial charge in [-0.15, -0.1) is 0 Å². The molecule has 4 heteroatoms. The molecule has 3 N–H and O–H groups in total. The molecule has 0 spiro atoms. The van der Waals surface area contributed by atoms with E-state index in [0.29, 0.717) is 16.9 Å². The first-order valence-corrected chi connectivity index (χ1v) is 7.23. The minimum Gasteiger partial charge on any atom is -0.322 e. The van der Waals surface area contributed by atoms with Crippen LogP contribution in [-0.4, -0.2) is 11.1 Å². The van der Waals surface area contributed by atoms with Gasteiger partial charge in [0, 0.05) is 11.3 Å². The van der Waals surface area contributed by atoms with Gasteiger partial charge in [0.2, 0.25) is 0 Å². The van der Waals surface area contributed by atoms with E-state index in [9.17, 15) is 4.79 Å². The molecule has 3 rings (SSSR count). The maximum atomic E-state index is 12.3. The lowest BCUT2D eigenvalue weighted by Gasteiger charge is -2.08. The highest BCUT2D eigenvalue weighted by atomic mass is 16.5. The van der Waals surface area contributed by atoms with Gasteiger partial charge in [0.05, 0.1) is 5.69 Å². The van der Waals surface area contributed by atoms with E-state index in [2.05, 4.69) is 10.8 Å². The van der Waals surface area contributed by atoms with Crippen LogP contribution in [0, 0.1) is 0 Å². The van der Waals surface area contributed by atoms with Gasteiger partial charge in [0.25, 0.3) is 5.91 Å². The Hall–Kier alpha value is -3.11. The summed E-state index contributed by atoms with van der Waals surface area (Å²) in [5.74, 6) is -0.195. The average molecular weight is 304 g/mol. The van der Waals surface area contributed by atoms with Crippen LogP contribution in [0.1, 0.15) is 10.4 Å². The number of amides is 1. The summed E-state index contributed by atoms with van der Waals surface area (Å²) in [4.78, 5) is 12.3. The molecule has 0 heterocycles. The van der Waals surface area contributed by atoms with Crippen molar-refractivity contribution in [1.29, 1.82) is 0 Å². The number of rotatable bonds is 4. The largest absolute Gasteiger partial charge is 0.322 e. The van der Waals surface area contributed by atoms with Crippen LogP contribution in [0.5, 0.6) is 0 Å². The summed E-state index contributed by atoms with van der Waals surface area (Å²) >= 11 is 0. The van der Waals surface area contributed by atoms with Gasteiger partial charge in [0.15, 0.2) is 0 Å². The van der Waals surface area contributed by atoms with Gasteiger partial charge in [-0.3, -0.25) is 15.5 Å². The number of hydrogen-bond acceptors (Lipinski definition) is 3. The van der Waals surface area contributed by atoms with E-state index >= 15 is 0 Å². The van der Waals surface area contributed by atoms with Crippen LogP contribution in [0.3, 0.4) is 0 Å². The molecule has 0 aliphatic carbocycles. The normalized spacial score (nSPS) is 10.1. The summed E-state index contributed by atoms with van der Waals surface area (Å²) in [7, 11) is 0. The quantitative estimate of drug-likeness (QED) is 0.626. The molecule has 4 nitrogen and oxygen atoms in total. The monoisotopic (exact) mass is 304 g/mol. The van der Waals surface area contributed by atoms with Crippen LogP contribution in [0.15, 0.2) is 78.9 Å². The van der Waals surface area contributed by atoms with Crippen LogP contribution in [0.4, 0.5) is 11.4 Å². The summed E-state index contributed by atoms with van der Waals surface area (Å²) in [6.07, 6.45) is 0. The van der Waals surface area contributed by atoms with E-state index in [1.54, 1.807) is 36.4 Å². The molecule has 0 bridgehead atoms. The van der Waals surface area contributed by atoms with Crippen molar-refractivity contribution in [2.24, 2.45) is 0 Å². The second kappa shape index (κ2) is 6.77. The minimum absolute atomic E-state index is 0.195. The standard InChI is InChI=1S/C19H16N2O2/c22-19(20-17-7-4-8-18(13-17)21-23)16-11-9-15(10-12-16)14-5-2-1-3-6-14/h1-13,21,23H,(H,20,22). The number of nitrogens with one attached hydrogen (secondary N) is 2. The maximum absolute atomic E-state index is 12.3. The first kappa shape index (κ1) is 14.8. The zero-order valence-electron chi connectivity index (χ0n) is 12.4. The Morgan fingerprint density at radius 1 is 0.739 bits per heavy atom. The average Bonchev–Trinajstić information content (AvgIpc) is 2.63. The highest BCUT2D eigenvalue weighted by Gasteiger charge is 2.07. The Balaban J connectivity index is 1.75. The first-order valence-electron chi connectivity index (χ1n) is 7.23. The molecule has 0 atom stereocenters. The Bertz CT molecular complexity index is 799. The summed E-state index contributed by atoms with van der Waals surface area (Å²) in [5, 5.41) is 11.7. The van der Waals surface area contributed by atoms with Crippen LogP contribution in [0.25, 0.3) is 11.1 Å². The fraction of sp³-hybridized carbons (Fsp3) is 0. The van der Waals surface area contributed by atoms with Crippen molar-refractivity contribution < 1.29 is 10.0 Å². The number of hydrogen-bond donors (Lipinski definition) is 3. The predicted octanol–water partition coefficient (Wildman–Crippen LogP) is 4.41. The lowest BCUT2D eigenvalue weighted by Crippen LogP contribution is -2.11. The Morgan fingerprint density at radius 2 is 1.39 bits per heavy atom. The molecule has 0 unspecified atom stereocenters. The SMILES string of the molecule is O=C(Nc1cccc(NO)c1)c1ccc(-c2ccccc2)cc1. The molecule has 3 aromatic rings. The molecule has 23 heavy (non-hydrogen) atoms. The second-order valence-corrected chi connectivity index (χ2v) is 5.09. The van der Waals surface area contributed by atoms with Gasteiger partial charge in [-0.1, -0.05) is 48.5 Å². The molecule has 0 saturated heterocycles. The van der Waals surface area contributed by atoms with Crippen LogP contribution in [-0.2, 0) is 0 Å². The minimum atomic E-state index is -0.195. The lowest BCUT2D eigenvalue weighted by molar-refractivity contribution is 0.102. The molecular formula is C19H16N2O2. The van der Waals surface area contributed by atoms with Gasteiger partial charge in [-0.2, -0.15) is 0 Å². The zero-order chi connectivity index (χ0) is 16.1. The van der Waals surface area contributed by atoms with Gasteiger partial charge >= 0.3 is 0 Å². The van der Waals surface area contributed by atoms with Crippen molar-refractivity contribution in [2.45, 2.75) is 0 Å². The van der Waals surface area contributed by atoms with E-state index in [-0.39, 0.29) is 5.91 Å². The van der Waals surface area contributed by atoms with E-state index in [1.807, 2.05) is 42.5 Å². The maximum Gasteiger partial charge on any atom is 0.255 e. The number of carbonyl (C=O) groups excluding carboxylic acids is 1. The topological polar surface area (TPSA) is 61.4 Å². The second-order valence-electron chi connectivity index (χ2n) is 5.09. The third kappa shape index (κ3) is 3.56. The zero-order valence-corrected chi connectivity index (χ0v) is 12.4. The molecule has 0 fully saturated rings. The molecule has 3 aromatic carbocycles. The number of anilines is 2. The Morgan fingerprint density at radius 3 is 2.09 bits per heavy atom. The van der Waals surface area contributed by atoms with Crippen LogP contribution < -0.4 is 10.8 Å². The van der Waals surface area contributed by atoms with Crippen LogP contribution >= 0.6 is 0 Å². The van der Waals surface area contributed by atoms with Crippen molar-refractivity contribution in [3.05, 3.63) is 84.4 Å². The molecule has 0 radical (unpaired) electrons. The number of benzene rings is 3. The summed E-state index contributed by atoms with van der Waals surface area (Å²) in [5.41, 5.74) is 5.93. The highest BCUT2D eigenvalue weighted by molar-refractivity contribution is 6.04. The van der Waals surface area contributed by atoms with Gasteiger partial charge in [-0.25, -0.2) is 0 Å². The Labute approximate surface area is 134 Å². The van der Waals surface area contributed by atoms with Crippen molar-refractivity contribution in [2.75, 3.05) is 10.8 Å².